The van der Waals surface area contributed by atoms with Gasteiger partial charge in [0.25, 0.3) is 0 Å². The molecule has 0 radical (unpaired) electrons. The van der Waals surface area contributed by atoms with E-state index in [1.807, 2.05) is 13.1 Å². The first-order valence-corrected chi connectivity index (χ1v) is 4.50. The maximum absolute atomic E-state index is 3.98. The van der Waals surface area contributed by atoms with E-state index in [0.29, 0.717) is 12.0 Å². The highest BCUT2D eigenvalue weighted by atomic mass is 14.9. The van der Waals surface area contributed by atoms with Gasteiger partial charge in [-0.3, -0.25) is 0 Å². The fraction of sp³-hybridized carbons (Fsp3) is 0.600. The molecule has 2 nitrogen and oxygen atoms in total. The van der Waals surface area contributed by atoms with Gasteiger partial charge in [0.15, 0.2) is 0 Å². The second kappa shape index (κ2) is 4.31. The van der Waals surface area contributed by atoms with Crippen molar-refractivity contribution in [1.82, 2.24) is 10.6 Å². The van der Waals surface area contributed by atoms with Crippen LogP contribution in [0, 0.1) is 5.92 Å². The van der Waals surface area contributed by atoms with Gasteiger partial charge in [-0.25, -0.2) is 0 Å². The molecule has 0 aliphatic carbocycles. The van der Waals surface area contributed by atoms with Gasteiger partial charge in [0.2, 0.25) is 0 Å². The minimum absolute atomic E-state index is 0.423. The first kappa shape index (κ1) is 9.33. The molecule has 12 heavy (non-hydrogen) atoms. The zero-order valence-electron chi connectivity index (χ0n) is 7.77. The molecule has 0 saturated carbocycles. The smallest absolute Gasteiger partial charge is 0.0250 e. The molecule has 2 heteroatoms. The molecular formula is C10H18N2. The van der Waals surface area contributed by atoms with E-state index in [2.05, 4.69) is 23.8 Å². The maximum Gasteiger partial charge on any atom is 0.0250 e. The lowest BCUT2D eigenvalue weighted by Crippen LogP contribution is -2.25. The van der Waals surface area contributed by atoms with Gasteiger partial charge in [0.05, 0.1) is 0 Å². The largest absolute Gasteiger partial charge is 0.389 e. The third kappa shape index (κ3) is 2.11. The van der Waals surface area contributed by atoms with Crippen LogP contribution >= 0.6 is 0 Å². The molecule has 1 aliphatic rings. The predicted molar refractivity (Wildman–Crippen MR) is 52.9 cm³/mol. The number of allylic oxidation sites excluding steroid dienone is 1. The molecule has 1 heterocycles. The van der Waals surface area contributed by atoms with Gasteiger partial charge in [0.1, 0.15) is 0 Å². The van der Waals surface area contributed by atoms with Gasteiger partial charge in [-0.05, 0) is 19.9 Å². The van der Waals surface area contributed by atoms with Crippen LogP contribution < -0.4 is 10.6 Å². The standard InChI is InChI=1S/C10H18N2/c1-4-10(11-3)7-9-5-6-12-8(9)2/h4,9-12H,1-2,5-7H2,3H3. The van der Waals surface area contributed by atoms with Gasteiger partial charge in [-0.2, -0.15) is 0 Å². The molecule has 1 rings (SSSR count). The Bertz CT molecular complexity index is 175. The summed E-state index contributed by atoms with van der Waals surface area (Å²) < 4.78 is 0. The molecule has 0 aromatic carbocycles. The summed E-state index contributed by atoms with van der Waals surface area (Å²) in [5.74, 6) is 0.625. The average molecular weight is 166 g/mol. The third-order valence-corrected chi connectivity index (χ3v) is 2.53. The highest BCUT2D eigenvalue weighted by Crippen LogP contribution is 2.22. The van der Waals surface area contributed by atoms with Crippen molar-refractivity contribution in [3.8, 4) is 0 Å². The Labute approximate surface area is 74.7 Å². The van der Waals surface area contributed by atoms with E-state index in [4.69, 9.17) is 0 Å². The Morgan fingerprint density at radius 1 is 1.83 bits per heavy atom. The van der Waals surface area contributed by atoms with Crippen LogP contribution in [-0.4, -0.2) is 19.6 Å². The lowest BCUT2D eigenvalue weighted by atomic mass is 9.97. The van der Waals surface area contributed by atoms with E-state index < -0.39 is 0 Å². The Morgan fingerprint density at radius 3 is 3.00 bits per heavy atom. The lowest BCUT2D eigenvalue weighted by molar-refractivity contribution is 0.500. The van der Waals surface area contributed by atoms with Crippen molar-refractivity contribution in [2.24, 2.45) is 5.92 Å². The highest BCUT2D eigenvalue weighted by Gasteiger charge is 2.20. The van der Waals surface area contributed by atoms with Gasteiger partial charge in [0, 0.05) is 24.2 Å². The molecule has 0 aromatic heterocycles. The summed E-state index contributed by atoms with van der Waals surface area (Å²) in [4.78, 5) is 0. The normalized spacial score (nSPS) is 25.1. The summed E-state index contributed by atoms with van der Waals surface area (Å²) in [6, 6.07) is 0.423. The molecule has 2 N–H and O–H groups in total. The number of rotatable bonds is 4. The summed E-state index contributed by atoms with van der Waals surface area (Å²) in [5.41, 5.74) is 1.19. The molecule has 0 aromatic rings. The summed E-state index contributed by atoms with van der Waals surface area (Å²) in [5, 5.41) is 6.48. The van der Waals surface area contributed by atoms with Crippen LogP contribution in [0.25, 0.3) is 0 Å². The van der Waals surface area contributed by atoms with Gasteiger partial charge in [-0.15, -0.1) is 6.58 Å². The van der Waals surface area contributed by atoms with E-state index in [0.717, 1.165) is 13.0 Å². The fourth-order valence-corrected chi connectivity index (χ4v) is 1.62. The van der Waals surface area contributed by atoms with Crippen molar-refractivity contribution in [3.63, 3.8) is 0 Å². The molecule has 2 atom stereocenters. The maximum atomic E-state index is 3.98. The molecular weight excluding hydrogens is 148 g/mol. The number of likely N-dealkylation sites (N-methyl/N-ethyl adjacent to an activating group) is 1. The second-order valence-electron chi connectivity index (χ2n) is 3.30. The van der Waals surface area contributed by atoms with Crippen LogP contribution in [0.2, 0.25) is 0 Å². The lowest BCUT2D eigenvalue weighted by Gasteiger charge is -2.16. The molecule has 1 saturated heterocycles. The zero-order valence-corrected chi connectivity index (χ0v) is 7.77. The van der Waals surface area contributed by atoms with Gasteiger partial charge in [-0.1, -0.05) is 12.7 Å². The average Bonchev–Trinajstić information content (AvgIpc) is 2.47. The third-order valence-electron chi connectivity index (χ3n) is 2.53. The van der Waals surface area contributed by atoms with Crippen LogP contribution in [0.3, 0.4) is 0 Å². The summed E-state index contributed by atoms with van der Waals surface area (Å²) in [6.07, 6.45) is 4.29. The predicted octanol–water partition coefficient (Wildman–Crippen LogP) is 1.27. The van der Waals surface area contributed by atoms with Gasteiger partial charge < -0.3 is 10.6 Å². The highest BCUT2D eigenvalue weighted by molar-refractivity contribution is 5.05. The quantitative estimate of drug-likeness (QED) is 0.615. The first-order valence-electron chi connectivity index (χ1n) is 4.50. The summed E-state index contributed by atoms with van der Waals surface area (Å²) in [6.45, 7) is 8.85. The van der Waals surface area contributed by atoms with Crippen LogP contribution in [-0.2, 0) is 0 Å². The minimum Gasteiger partial charge on any atom is -0.389 e. The number of nitrogens with one attached hydrogen (secondary N) is 2. The SMILES string of the molecule is C=CC(CC1CCNC1=C)NC. The second-order valence-corrected chi connectivity index (χ2v) is 3.30. The van der Waals surface area contributed by atoms with Gasteiger partial charge >= 0.3 is 0 Å². The molecule has 1 aliphatic heterocycles. The molecule has 0 amide bonds. The van der Waals surface area contributed by atoms with Crippen LogP contribution in [0.15, 0.2) is 24.9 Å². The monoisotopic (exact) mass is 166 g/mol. The van der Waals surface area contributed by atoms with Crippen molar-refractivity contribution in [2.75, 3.05) is 13.6 Å². The molecule has 1 fully saturated rings. The van der Waals surface area contributed by atoms with Crippen molar-refractivity contribution >= 4 is 0 Å². The van der Waals surface area contributed by atoms with E-state index in [9.17, 15) is 0 Å². The summed E-state index contributed by atoms with van der Waals surface area (Å²) >= 11 is 0. The minimum atomic E-state index is 0.423. The van der Waals surface area contributed by atoms with E-state index in [1.165, 1.54) is 12.1 Å². The van der Waals surface area contributed by atoms with Crippen LogP contribution in [0.5, 0.6) is 0 Å². The molecule has 0 bridgehead atoms. The first-order chi connectivity index (χ1) is 5.77. The van der Waals surface area contributed by atoms with E-state index in [-0.39, 0.29) is 0 Å². The Morgan fingerprint density at radius 2 is 2.58 bits per heavy atom. The number of hydrogen-bond donors (Lipinski definition) is 2. The Hall–Kier alpha value is -0.760. The molecule has 2 unspecified atom stereocenters. The van der Waals surface area contributed by atoms with Crippen molar-refractivity contribution < 1.29 is 0 Å². The van der Waals surface area contributed by atoms with Crippen LogP contribution in [0.4, 0.5) is 0 Å². The fourth-order valence-electron chi connectivity index (χ4n) is 1.62. The van der Waals surface area contributed by atoms with Crippen molar-refractivity contribution in [2.45, 2.75) is 18.9 Å². The van der Waals surface area contributed by atoms with Crippen molar-refractivity contribution in [1.29, 1.82) is 0 Å². The van der Waals surface area contributed by atoms with Crippen molar-refractivity contribution in [3.05, 3.63) is 24.9 Å². The zero-order chi connectivity index (χ0) is 8.97. The van der Waals surface area contributed by atoms with E-state index in [1.54, 1.807) is 0 Å². The Balaban J connectivity index is 2.38. The van der Waals surface area contributed by atoms with E-state index >= 15 is 0 Å². The van der Waals surface area contributed by atoms with Crippen LogP contribution in [0.1, 0.15) is 12.8 Å². The topological polar surface area (TPSA) is 24.1 Å². The Kier molecular flexibility index (Phi) is 3.35. The molecule has 68 valence electrons. The molecule has 0 spiro atoms. The number of hydrogen-bond acceptors (Lipinski definition) is 2. The summed E-state index contributed by atoms with van der Waals surface area (Å²) in [7, 11) is 1.97.